The fourth-order valence-corrected chi connectivity index (χ4v) is 3.19. The van der Waals surface area contributed by atoms with Crippen LogP contribution in [0.15, 0.2) is 18.2 Å². The third kappa shape index (κ3) is 2.51. The summed E-state index contributed by atoms with van der Waals surface area (Å²) in [6.07, 6.45) is 3.93. The first-order chi connectivity index (χ1) is 9.28. The lowest BCUT2D eigenvalue weighted by Crippen LogP contribution is -2.36. The zero-order chi connectivity index (χ0) is 13.2. The third-order valence-electron chi connectivity index (χ3n) is 4.20. The average Bonchev–Trinajstić information content (AvgIpc) is 2.93. The summed E-state index contributed by atoms with van der Waals surface area (Å²) in [7, 11) is 2.02. The number of nitrogens with one attached hydrogen (secondary N) is 3. The molecule has 0 spiro atoms. The molecule has 2 heterocycles. The first-order valence-electron chi connectivity index (χ1n) is 7.11. The average molecular weight is 259 g/mol. The summed E-state index contributed by atoms with van der Waals surface area (Å²) < 4.78 is 0. The van der Waals surface area contributed by atoms with Gasteiger partial charge in [0.1, 0.15) is 0 Å². The van der Waals surface area contributed by atoms with Gasteiger partial charge in [-0.05, 0) is 50.0 Å². The van der Waals surface area contributed by atoms with E-state index in [1.54, 1.807) is 0 Å². The topological polar surface area (TPSA) is 53.2 Å². The van der Waals surface area contributed by atoms with E-state index in [0.29, 0.717) is 18.5 Å². The van der Waals surface area contributed by atoms with Gasteiger partial charge in [-0.1, -0.05) is 12.1 Å². The first kappa shape index (κ1) is 12.6. The summed E-state index contributed by atoms with van der Waals surface area (Å²) in [6.45, 7) is 1.11. The number of benzene rings is 1. The summed E-state index contributed by atoms with van der Waals surface area (Å²) in [4.78, 5) is 11.4. The molecule has 1 aromatic carbocycles. The van der Waals surface area contributed by atoms with E-state index >= 15 is 0 Å². The van der Waals surface area contributed by atoms with Crippen molar-refractivity contribution < 1.29 is 4.79 Å². The van der Waals surface area contributed by atoms with Crippen LogP contribution in [-0.4, -0.2) is 25.5 Å². The Balaban J connectivity index is 1.85. The molecule has 102 valence electrons. The van der Waals surface area contributed by atoms with Gasteiger partial charge >= 0.3 is 0 Å². The van der Waals surface area contributed by atoms with Crippen molar-refractivity contribution in [2.45, 2.75) is 37.8 Å². The van der Waals surface area contributed by atoms with E-state index in [-0.39, 0.29) is 5.91 Å². The molecule has 2 aliphatic heterocycles. The number of hydrogen-bond acceptors (Lipinski definition) is 3. The number of carbonyl (C=O) groups is 1. The Hall–Kier alpha value is -1.39. The molecule has 0 aromatic heterocycles. The highest BCUT2D eigenvalue weighted by molar-refractivity contribution is 5.93. The number of rotatable bonds is 3. The molecule has 2 atom stereocenters. The van der Waals surface area contributed by atoms with E-state index in [4.69, 9.17) is 0 Å². The van der Waals surface area contributed by atoms with Crippen LogP contribution in [0.4, 0.5) is 5.69 Å². The normalized spacial score (nSPS) is 23.8. The summed E-state index contributed by atoms with van der Waals surface area (Å²) in [5, 5.41) is 9.93. The smallest absolute Gasteiger partial charge is 0.224 e. The molecule has 1 aromatic rings. The second kappa shape index (κ2) is 5.31. The number of amides is 1. The van der Waals surface area contributed by atoms with Crippen LogP contribution >= 0.6 is 0 Å². The van der Waals surface area contributed by atoms with E-state index in [0.717, 1.165) is 18.7 Å². The van der Waals surface area contributed by atoms with Crippen molar-refractivity contribution in [3.05, 3.63) is 29.3 Å². The summed E-state index contributed by atoms with van der Waals surface area (Å²) in [6, 6.07) is 7.29. The molecule has 4 heteroatoms. The molecule has 1 amide bonds. The Morgan fingerprint density at radius 1 is 1.37 bits per heavy atom. The van der Waals surface area contributed by atoms with Crippen molar-refractivity contribution in [3.8, 4) is 0 Å². The van der Waals surface area contributed by atoms with Gasteiger partial charge in [0.2, 0.25) is 5.91 Å². The van der Waals surface area contributed by atoms with Crippen LogP contribution in [0.25, 0.3) is 0 Å². The summed E-state index contributed by atoms with van der Waals surface area (Å²) in [5.74, 6) is 0.128. The van der Waals surface area contributed by atoms with Gasteiger partial charge in [-0.15, -0.1) is 0 Å². The van der Waals surface area contributed by atoms with Gasteiger partial charge in [0.15, 0.2) is 0 Å². The Kier molecular flexibility index (Phi) is 3.53. The number of aryl methyl sites for hydroxylation is 1. The maximum Gasteiger partial charge on any atom is 0.224 e. The highest BCUT2D eigenvalue weighted by Crippen LogP contribution is 2.29. The van der Waals surface area contributed by atoms with Gasteiger partial charge in [-0.25, -0.2) is 0 Å². The predicted octanol–water partition coefficient (Wildman–Crippen LogP) is 1.58. The first-order valence-corrected chi connectivity index (χ1v) is 7.11. The molecule has 2 unspecified atom stereocenters. The van der Waals surface area contributed by atoms with E-state index in [1.807, 2.05) is 13.1 Å². The predicted molar refractivity (Wildman–Crippen MR) is 76.2 cm³/mol. The van der Waals surface area contributed by atoms with Crippen molar-refractivity contribution in [2.24, 2.45) is 0 Å². The monoisotopic (exact) mass is 259 g/mol. The third-order valence-corrected chi connectivity index (χ3v) is 4.20. The van der Waals surface area contributed by atoms with Crippen LogP contribution < -0.4 is 16.0 Å². The van der Waals surface area contributed by atoms with Crippen molar-refractivity contribution >= 4 is 11.6 Å². The van der Waals surface area contributed by atoms with E-state index in [1.165, 1.54) is 24.0 Å². The van der Waals surface area contributed by atoms with Crippen LogP contribution in [0.1, 0.15) is 36.4 Å². The standard InChI is InChI=1S/C15H21N3O/c1-16-15(13-3-2-8-17-13)11-4-6-12-10(9-11)5-7-14(19)18-12/h4,6,9,13,15-17H,2-3,5,7-8H2,1H3,(H,18,19). The molecular formula is C15H21N3O. The van der Waals surface area contributed by atoms with Gasteiger partial charge < -0.3 is 16.0 Å². The molecule has 3 rings (SSSR count). The fraction of sp³-hybridized carbons (Fsp3) is 0.533. The van der Waals surface area contributed by atoms with E-state index < -0.39 is 0 Å². The highest BCUT2D eigenvalue weighted by Gasteiger charge is 2.25. The molecule has 0 bridgehead atoms. The number of fused-ring (bicyclic) bond motifs is 1. The summed E-state index contributed by atoms with van der Waals surface area (Å²) in [5.41, 5.74) is 3.56. The summed E-state index contributed by atoms with van der Waals surface area (Å²) >= 11 is 0. The minimum absolute atomic E-state index is 0.128. The van der Waals surface area contributed by atoms with Gasteiger partial charge in [-0.2, -0.15) is 0 Å². The number of likely N-dealkylation sites (N-methyl/N-ethyl adjacent to an activating group) is 1. The molecule has 4 nitrogen and oxygen atoms in total. The van der Waals surface area contributed by atoms with Crippen LogP contribution in [0, 0.1) is 0 Å². The second-order valence-electron chi connectivity index (χ2n) is 5.43. The molecule has 0 aliphatic carbocycles. The van der Waals surface area contributed by atoms with Gasteiger partial charge in [0.25, 0.3) is 0 Å². The fourth-order valence-electron chi connectivity index (χ4n) is 3.19. The molecule has 2 aliphatic rings. The Morgan fingerprint density at radius 3 is 3.00 bits per heavy atom. The maximum absolute atomic E-state index is 11.4. The zero-order valence-corrected chi connectivity index (χ0v) is 11.3. The lowest BCUT2D eigenvalue weighted by molar-refractivity contribution is -0.116. The van der Waals surface area contributed by atoms with Crippen LogP contribution in [0.3, 0.4) is 0 Å². The number of anilines is 1. The Labute approximate surface area is 114 Å². The van der Waals surface area contributed by atoms with Crippen molar-refractivity contribution in [1.29, 1.82) is 0 Å². The second-order valence-corrected chi connectivity index (χ2v) is 5.43. The van der Waals surface area contributed by atoms with E-state index in [9.17, 15) is 4.79 Å². The molecular weight excluding hydrogens is 238 g/mol. The lowest BCUT2D eigenvalue weighted by atomic mass is 9.93. The Morgan fingerprint density at radius 2 is 2.26 bits per heavy atom. The van der Waals surface area contributed by atoms with Crippen LogP contribution in [-0.2, 0) is 11.2 Å². The van der Waals surface area contributed by atoms with Gasteiger partial charge in [-0.3, -0.25) is 4.79 Å². The molecule has 1 fully saturated rings. The molecule has 0 saturated carbocycles. The minimum Gasteiger partial charge on any atom is -0.326 e. The zero-order valence-electron chi connectivity index (χ0n) is 11.3. The number of hydrogen-bond donors (Lipinski definition) is 3. The van der Waals surface area contributed by atoms with Crippen molar-refractivity contribution in [2.75, 3.05) is 18.9 Å². The lowest BCUT2D eigenvalue weighted by Gasteiger charge is -2.26. The quantitative estimate of drug-likeness (QED) is 0.772. The van der Waals surface area contributed by atoms with Gasteiger partial charge in [0.05, 0.1) is 0 Å². The van der Waals surface area contributed by atoms with E-state index in [2.05, 4.69) is 28.1 Å². The molecule has 1 saturated heterocycles. The molecule has 19 heavy (non-hydrogen) atoms. The molecule has 0 radical (unpaired) electrons. The highest BCUT2D eigenvalue weighted by atomic mass is 16.1. The van der Waals surface area contributed by atoms with Gasteiger partial charge in [0, 0.05) is 24.2 Å². The molecule has 3 N–H and O–H groups in total. The van der Waals surface area contributed by atoms with Crippen LogP contribution in [0.2, 0.25) is 0 Å². The van der Waals surface area contributed by atoms with Crippen LogP contribution in [0.5, 0.6) is 0 Å². The SMILES string of the molecule is CNC(c1ccc2c(c1)CCC(=O)N2)C1CCCN1. The van der Waals surface area contributed by atoms with Crippen molar-refractivity contribution in [1.82, 2.24) is 10.6 Å². The minimum atomic E-state index is 0.128. The maximum atomic E-state index is 11.4. The number of carbonyl (C=O) groups excluding carboxylic acids is 1. The Bertz CT molecular complexity index is 480. The largest absolute Gasteiger partial charge is 0.326 e. The van der Waals surface area contributed by atoms with Crippen molar-refractivity contribution in [3.63, 3.8) is 0 Å².